The van der Waals surface area contributed by atoms with Crippen molar-refractivity contribution in [2.75, 3.05) is 27.2 Å². The van der Waals surface area contributed by atoms with Crippen molar-refractivity contribution in [2.24, 2.45) is 11.8 Å². The second-order valence-electron chi connectivity index (χ2n) is 6.80. The molecule has 1 amide bonds. The lowest BCUT2D eigenvalue weighted by molar-refractivity contribution is -0.131. The molecule has 2 fully saturated rings. The van der Waals surface area contributed by atoms with Gasteiger partial charge in [-0.1, -0.05) is 0 Å². The first kappa shape index (κ1) is 17.9. The van der Waals surface area contributed by atoms with Crippen LogP contribution in [0, 0.1) is 18.8 Å². The van der Waals surface area contributed by atoms with E-state index in [1.807, 2.05) is 11.8 Å². The molecular formula is C16H25ClN4O2. The predicted octanol–water partition coefficient (Wildman–Crippen LogP) is 0.772. The van der Waals surface area contributed by atoms with Gasteiger partial charge in [0.1, 0.15) is 6.54 Å². The van der Waals surface area contributed by atoms with Crippen LogP contribution in [-0.2, 0) is 11.3 Å². The largest absolute Gasteiger partial charge is 0.339 e. The van der Waals surface area contributed by atoms with E-state index in [-0.39, 0.29) is 30.4 Å². The third-order valence-electron chi connectivity index (χ3n) is 4.86. The first-order valence-corrected chi connectivity index (χ1v) is 7.94. The second kappa shape index (κ2) is 7.01. The van der Waals surface area contributed by atoms with E-state index in [0.717, 1.165) is 24.7 Å². The van der Waals surface area contributed by atoms with Gasteiger partial charge in [-0.05, 0) is 51.8 Å². The Morgan fingerprint density at radius 2 is 2.00 bits per heavy atom. The van der Waals surface area contributed by atoms with Crippen LogP contribution in [0.15, 0.2) is 16.9 Å². The molecule has 128 valence electrons. The number of likely N-dealkylation sites (tertiary alicyclic amines) is 1. The Labute approximate surface area is 142 Å². The molecule has 0 aromatic carbocycles. The van der Waals surface area contributed by atoms with Crippen LogP contribution in [0.5, 0.6) is 0 Å². The van der Waals surface area contributed by atoms with Crippen molar-refractivity contribution in [3.63, 3.8) is 0 Å². The Hall–Kier alpha value is -1.40. The molecule has 0 radical (unpaired) electrons. The normalized spacial score (nSPS) is 23.9. The van der Waals surface area contributed by atoms with Gasteiger partial charge in [-0.2, -0.15) is 5.10 Å². The molecule has 2 aliphatic rings. The fraction of sp³-hybridized carbons (Fsp3) is 0.688. The number of hydrogen-bond acceptors (Lipinski definition) is 4. The quantitative estimate of drug-likeness (QED) is 0.812. The standard InChI is InChI=1S/C16H24N4O2.ClH/c1-11-4-7-15(21)20(17-11)10-16(22)19-8-13(12-5-6-12)14(9-19)18(2)3;/h4,7,12-14H,5-6,8-10H2,1-3H3;1H/t13-,14+;/m1./s1. The van der Waals surface area contributed by atoms with Crippen molar-refractivity contribution < 1.29 is 4.79 Å². The zero-order chi connectivity index (χ0) is 15.9. The topological polar surface area (TPSA) is 58.4 Å². The highest BCUT2D eigenvalue weighted by Crippen LogP contribution is 2.42. The molecule has 1 saturated heterocycles. The highest BCUT2D eigenvalue weighted by Gasteiger charge is 2.44. The highest BCUT2D eigenvalue weighted by molar-refractivity contribution is 5.85. The molecule has 1 aliphatic carbocycles. The van der Waals surface area contributed by atoms with Gasteiger partial charge in [0.15, 0.2) is 0 Å². The molecule has 2 heterocycles. The maximum absolute atomic E-state index is 12.5. The van der Waals surface area contributed by atoms with E-state index >= 15 is 0 Å². The summed E-state index contributed by atoms with van der Waals surface area (Å²) in [6.45, 7) is 3.43. The molecule has 6 nitrogen and oxygen atoms in total. The fourth-order valence-electron chi connectivity index (χ4n) is 3.44. The van der Waals surface area contributed by atoms with Gasteiger partial charge in [0.25, 0.3) is 5.56 Å². The molecule has 0 bridgehead atoms. The summed E-state index contributed by atoms with van der Waals surface area (Å²) in [5.41, 5.74) is 0.525. The molecule has 23 heavy (non-hydrogen) atoms. The zero-order valence-corrected chi connectivity index (χ0v) is 14.8. The molecule has 7 heteroatoms. The molecule has 0 spiro atoms. The lowest BCUT2D eigenvalue weighted by Crippen LogP contribution is -2.38. The Kier molecular flexibility index (Phi) is 5.47. The van der Waals surface area contributed by atoms with E-state index in [4.69, 9.17) is 0 Å². The summed E-state index contributed by atoms with van der Waals surface area (Å²) in [5.74, 6) is 1.33. The fourth-order valence-corrected chi connectivity index (χ4v) is 3.44. The number of nitrogens with zero attached hydrogens (tertiary/aromatic N) is 4. The van der Waals surface area contributed by atoms with Crippen molar-refractivity contribution in [2.45, 2.75) is 32.4 Å². The molecule has 1 aliphatic heterocycles. The lowest BCUT2D eigenvalue weighted by atomic mass is 9.97. The van der Waals surface area contributed by atoms with Gasteiger partial charge in [0, 0.05) is 25.2 Å². The van der Waals surface area contributed by atoms with Crippen molar-refractivity contribution in [1.82, 2.24) is 19.6 Å². The third-order valence-corrected chi connectivity index (χ3v) is 4.86. The van der Waals surface area contributed by atoms with E-state index in [2.05, 4.69) is 24.1 Å². The van der Waals surface area contributed by atoms with Crippen LogP contribution >= 0.6 is 12.4 Å². The first-order valence-electron chi connectivity index (χ1n) is 7.94. The van der Waals surface area contributed by atoms with Gasteiger partial charge >= 0.3 is 0 Å². The number of aromatic nitrogens is 2. The average molecular weight is 341 g/mol. The second-order valence-corrected chi connectivity index (χ2v) is 6.80. The SMILES string of the molecule is Cc1ccc(=O)n(CC(=O)N2C[C@H](C3CC3)[C@@H](N(C)C)C2)n1.Cl. The van der Waals surface area contributed by atoms with E-state index in [0.29, 0.717) is 12.0 Å². The average Bonchev–Trinajstić information content (AvgIpc) is 3.21. The zero-order valence-electron chi connectivity index (χ0n) is 13.9. The number of aryl methyl sites for hydroxylation is 1. The van der Waals surface area contributed by atoms with Crippen molar-refractivity contribution in [3.8, 4) is 0 Å². The van der Waals surface area contributed by atoms with Crippen LogP contribution in [0.4, 0.5) is 0 Å². The molecule has 0 unspecified atom stereocenters. The lowest BCUT2D eigenvalue weighted by Gasteiger charge is -2.24. The van der Waals surface area contributed by atoms with E-state index < -0.39 is 0 Å². The smallest absolute Gasteiger partial charge is 0.267 e. The van der Waals surface area contributed by atoms with Gasteiger partial charge < -0.3 is 9.80 Å². The molecule has 0 N–H and O–H groups in total. The monoisotopic (exact) mass is 340 g/mol. The molecule has 3 rings (SSSR count). The Morgan fingerprint density at radius 1 is 1.30 bits per heavy atom. The van der Waals surface area contributed by atoms with Crippen LogP contribution < -0.4 is 5.56 Å². The van der Waals surface area contributed by atoms with E-state index in [1.54, 1.807) is 6.07 Å². The van der Waals surface area contributed by atoms with E-state index in [1.165, 1.54) is 23.6 Å². The van der Waals surface area contributed by atoms with Gasteiger partial charge in [0.05, 0.1) is 5.69 Å². The summed E-state index contributed by atoms with van der Waals surface area (Å²) < 4.78 is 1.27. The van der Waals surface area contributed by atoms with Crippen LogP contribution in [0.1, 0.15) is 18.5 Å². The molecule has 1 aromatic rings. The van der Waals surface area contributed by atoms with Crippen LogP contribution in [0.3, 0.4) is 0 Å². The molecule has 1 saturated carbocycles. The number of hydrogen-bond donors (Lipinski definition) is 0. The van der Waals surface area contributed by atoms with Crippen molar-refractivity contribution in [1.29, 1.82) is 0 Å². The number of likely N-dealkylation sites (N-methyl/N-ethyl adjacent to an activating group) is 1. The number of rotatable bonds is 4. The summed E-state index contributed by atoms with van der Waals surface area (Å²) in [6.07, 6.45) is 2.58. The number of carbonyl (C=O) groups excluding carboxylic acids is 1. The van der Waals surface area contributed by atoms with Gasteiger partial charge in [-0.15, -0.1) is 12.4 Å². The number of carbonyl (C=O) groups is 1. The summed E-state index contributed by atoms with van der Waals surface area (Å²) in [7, 11) is 4.17. The highest BCUT2D eigenvalue weighted by atomic mass is 35.5. The van der Waals surface area contributed by atoms with Crippen molar-refractivity contribution >= 4 is 18.3 Å². The Balaban J connectivity index is 0.00000192. The number of halogens is 1. The summed E-state index contributed by atoms with van der Waals surface area (Å²) >= 11 is 0. The van der Waals surface area contributed by atoms with Crippen LogP contribution in [-0.4, -0.2) is 58.7 Å². The summed E-state index contributed by atoms with van der Waals surface area (Å²) in [5, 5.41) is 4.15. The van der Waals surface area contributed by atoms with Gasteiger partial charge in [-0.25, -0.2) is 4.68 Å². The van der Waals surface area contributed by atoms with Crippen molar-refractivity contribution in [3.05, 3.63) is 28.2 Å². The number of amides is 1. The minimum Gasteiger partial charge on any atom is -0.339 e. The third kappa shape index (κ3) is 3.93. The van der Waals surface area contributed by atoms with E-state index in [9.17, 15) is 9.59 Å². The maximum Gasteiger partial charge on any atom is 0.267 e. The summed E-state index contributed by atoms with van der Waals surface area (Å²) in [4.78, 5) is 28.5. The molecular weight excluding hydrogens is 316 g/mol. The maximum atomic E-state index is 12.5. The van der Waals surface area contributed by atoms with Gasteiger partial charge in [-0.3, -0.25) is 9.59 Å². The first-order chi connectivity index (χ1) is 10.5. The van der Waals surface area contributed by atoms with Gasteiger partial charge in [0.2, 0.25) is 5.91 Å². The van der Waals surface area contributed by atoms with Crippen LogP contribution in [0.2, 0.25) is 0 Å². The summed E-state index contributed by atoms with van der Waals surface area (Å²) in [6, 6.07) is 3.57. The Morgan fingerprint density at radius 3 is 2.61 bits per heavy atom. The molecule has 2 atom stereocenters. The Bertz CT molecular complexity index is 617. The van der Waals surface area contributed by atoms with Crippen LogP contribution in [0.25, 0.3) is 0 Å². The predicted molar refractivity (Wildman–Crippen MR) is 90.8 cm³/mol. The molecule has 1 aromatic heterocycles. The minimum absolute atomic E-state index is 0. The minimum atomic E-state index is -0.221.